The summed E-state index contributed by atoms with van der Waals surface area (Å²) >= 11 is 0. The van der Waals surface area contributed by atoms with E-state index in [0.29, 0.717) is 17.7 Å². The fourth-order valence-electron chi connectivity index (χ4n) is 3.85. The molecule has 0 amide bonds. The second kappa shape index (κ2) is 8.12. The number of aliphatic hydroxyl groups excluding tert-OH is 1. The summed E-state index contributed by atoms with van der Waals surface area (Å²) in [6.45, 7) is 7.95. The van der Waals surface area contributed by atoms with Crippen LogP contribution >= 0.6 is 0 Å². The largest absolute Gasteiger partial charge is 0.475 e. The molecule has 0 radical (unpaired) electrons. The molecule has 0 spiro atoms. The summed E-state index contributed by atoms with van der Waals surface area (Å²) in [5, 5.41) is 14.1. The Balaban J connectivity index is 1.54. The Morgan fingerprint density at radius 3 is 2.46 bits per heavy atom. The van der Waals surface area contributed by atoms with Gasteiger partial charge in [-0.2, -0.15) is 0 Å². The Bertz CT molecular complexity index is 511. The van der Waals surface area contributed by atoms with Gasteiger partial charge in [0.1, 0.15) is 12.1 Å². The highest BCUT2D eigenvalue weighted by molar-refractivity contribution is 5.41. The Morgan fingerprint density at radius 1 is 1.12 bits per heavy atom. The lowest BCUT2D eigenvalue weighted by Gasteiger charge is -2.38. The van der Waals surface area contributed by atoms with Crippen LogP contribution in [0.1, 0.15) is 39.5 Å². The zero-order valence-corrected chi connectivity index (χ0v) is 14.8. The highest BCUT2D eigenvalue weighted by Gasteiger charge is 2.31. The van der Waals surface area contributed by atoms with Gasteiger partial charge in [0, 0.05) is 19.2 Å². The van der Waals surface area contributed by atoms with Gasteiger partial charge in [0.25, 0.3) is 0 Å². The van der Waals surface area contributed by atoms with Crippen LogP contribution in [0.15, 0.2) is 12.4 Å². The highest BCUT2D eigenvalue weighted by Crippen LogP contribution is 2.30. The maximum atomic E-state index is 10.7. The van der Waals surface area contributed by atoms with E-state index >= 15 is 0 Å². The number of hydrogen-bond donors (Lipinski definition) is 2. The molecule has 24 heavy (non-hydrogen) atoms. The van der Waals surface area contributed by atoms with Crippen molar-refractivity contribution in [3.63, 3.8) is 0 Å². The van der Waals surface area contributed by atoms with E-state index in [1.807, 2.05) is 19.9 Å². The molecular weight excluding hydrogens is 304 g/mol. The smallest absolute Gasteiger partial charge is 0.218 e. The van der Waals surface area contributed by atoms with Crippen LogP contribution in [0.2, 0.25) is 0 Å². The summed E-state index contributed by atoms with van der Waals surface area (Å²) in [5.74, 6) is 2.44. The van der Waals surface area contributed by atoms with Crippen LogP contribution in [-0.4, -0.2) is 53.5 Å². The minimum Gasteiger partial charge on any atom is -0.475 e. The molecule has 3 heterocycles. The van der Waals surface area contributed by atoms with E-state index in [0.717, 1.165) is 57.7 Å². The maximum absolute atomic E-state index is 10.7. The number of ether oxygens (including phenoxy) is 1. The minimum absolute atomic E-state index is 0.110. The molecule has 1 aromatic rings. The van der Waals surface area contributed by atoms with Crippen molar-refractivity contribution >= 4 is 5.82 Å². The molecule has 1 aromatic heterocycles. The fourth-order valence-corrected chi connectivity index (χ4v) is 3.85. The van der Waals surface area contributed by atoms with E-state index in [1.165, 1.54) is 0 Å². The zero-order chi connectivity index (χ0) is 16.9. The van der Waals surface area contributed by atoms with Crippen LogP contribution in [0.5, 0.6) is 5.88 Å². The molecule has 2 saturated heterocycles. The van der Waals surface area contributed by atoms with Crippen LogP contribution in [0.3, 0.4) is 0 Å². The Hall–Kier alpha value is -1.40. The van der Waals surface area contributed by atoms with Crippen molar-refractivity contribution < 1.29 is 9.84 Å². The third-order valence-electron chi connectivity index (χ3n) is 5.20. The monoisotopic (exact) mass is 334 g/mol. The number of aliphatic hydroxyl groups is 1. The lowest BCUT2D eigenvalue weighted by Crippen LogP contribution is -2.43. The average Bonchev–Trinajstić information content (AvgIpc) is 2.62. The van der Waals surface area contributed by atoms with Crippen molar-refractivity contribution in [2.45, 2.75) is 51.7 Å². The van der Waals surface area contributed by atoms with E-state index < -0.39 is 0 Å². The van der Waals surface area contributed by atoms with Gasteiger partial charge in [0.2, 0.25) is 5.88 Å². The molecule has 0 saturated carbocycles. The highest BCUT2D eigenvalue weighted by atomic mass is 16.5. The number of hydrogen-bond acceptors (Lipinski definition) is 6. The molecule has 1 unspecified atom stereocenters. The molecule has 1 atom stereocenters. The fraction of sp³-hybridized carbons (Fsp3) is 0.778. The third-order valence-corrected chi connectivity index (χ3v) is 5.20. The summed E-state index contributed by atoms with van der Waals surface area (Å²) in [6.07, 6.45) is 5.78. The Labute approximate surface area is 144 Å². The number of nitrogens with zero attached hydrogens (tertiary/aromatic N) is 3. The van der Waals surface area contributed by atoms with Crippen LogP contribution in [0.25, 0.3) is 0 Å². The van der Waals surface area contributed by atoms with Crippen LogP contribution in [-0.2, 0) is 0 Å². The quantitative estimate of drug-likeness (QED) is 0.856. The van der Waals surface area contributed by atoms with Gasteiger partial charge in [-0.3, -0.25) is 0 Å². The molecule has 134 valence electrons. The number of anilines is 1. The Morgan fingerprint density at radius 2 is 1.79 bits per heavy atom. The summed E-state index contributed by atoms with van der Waals surface area (Å²) in [5.41, 5.74) is 0. The zero-order valence-electron chi connectivity index (χ0n) is 14.8. The van der Waals surface area contributed by atoms with E-state index in [9.17, 15) is 5.11 Å². The molecule has 2 aliphatic rings. The van der Waals surface area contributed by atoms with Gasteiger partial charge < -0.3 is 20.1 Å². The first kappa shape index (κ1) is 17.4. The number of aromatic nitrogens is 2. The van der Waals surface area contributed by atoms with Gasteiger partial charge in [-0.25, -0.2) is 9.97 Å². The minimum atomic E-state index is -0.153. The molecule has 0 bridgehead atoms. The third kappa shape index (κ3) is 4.36. The van der Waals surface area contributed by atoms with E-state index in [2.05, 4.69) is 20.2 Å². The van der Waals surface area contributed by atoms with Gasteiger partial charge in [0.15, 0.2) is 0 Å². The first-order valence-corrected chi connectivity index (χ1v) is 9.26. The Kier molecular flexibility index (Phi) is 5.89. The SMILES string of the molecule is CC(C)Oc1cc(N2CCC(C(O)C3CCNCC3)CC2)ncn1. The lowest BCUT2D eigenvalue weighted by atomic mass is 9.80. The molecule has 0 aliphatic carbocycles. The van der Waals surface area contributed by atoms with Crippen LogP contribution in [0.4, 0.5) is 5.82 Å². The molecule has 0 aromatic carbocycles. The second-order valence-electron chi connectivity index (χ2n) is 7.28. The first-order valence-electron chi connectivity index (χ1n) is 9.26. The maximum Gasteiger partial charge on any atom is 0.218 e. The van der Waals surface area contributed by atoms with Crippen molar-refractivity contribution in [3.05, 3.63) is 12.4 Å². The molecule has 2 aliphatic heterocycles. The van der Waals surface area contributed by atoms with Gasteiger partial charge >= 0.3 is 0 Å². The summed E-state index contributed by atoms with van der Waals surface area (Å²) < 4.78 is 5.66. The standard InChI is InChI=1S/C18H30N4O2/c1-13(2)24-17-11-16(20-12-21-17)22-9-5-15(6-10-22)18(23)14-3-7-19-8-4-14/h11-15,18-19,23H,3-10H2,1-2H3. The van der Waals surface area contributed by atoms with E-state index in [4.69, 9.17) is 4.74 Å². The number of nitrogens with one attached hydrogen (secondary N) is 1. The summed E-state index contributed by atoms with van der Waals surface area (Å²) in [4.78, 5) is 10.8. The molecule has 2 N–H and O–H groups in total. The number of piperidine rings is 2. The number of rotatable bonds is 5. The summed E-state index contributed by atoms with van der Waals surface area (Å²) in [6, 6.07) is 1.92. The predicted octanol–water partition coefficient (Wildman–Crippen LogP) is 1.84. The molecule has 6 heteroatoms. The lowest BCUT2D eigenvalue weighted by molar-refractivity contribution is 0.0265. The van der Waals surface area contributed by atoms with E-state index in [1.54, 1.807) is 6.33 Å². The predicted molar refractivity (Wildman–Crippen MR) is 94.3 cm³/mol. The van der Waals surface area contributed by atoms with Crippen molar-refractivity contribution in [1.29, 1.82) is 0 Å². The van der Waals surface area contributed by atoms with Gasteiger partial charge in [-0.05, 0) is 64.5 Å². The van der Waals surface area contributed by atoms with Gasteiger partial charge in [-0.15, -0.1) is 0 Å². The van der Waals surface area contributed by atoms with Crippen LogP contribution in [0, 0.1) is 11.8 Å². The van der Waals surface area contributed by atoms with Crippen LogP contribution < -0.4 is 15.0 Å². The molecule has 2 fully saturated rings. The van der Waals surface area contributed by atoms with Gasteiger partial charge in [-0.1, -0.05) is 0 Å². The molecular formula is C18H30N4O2. The molecule has 6 nitrogen and oxygen atoms in total. The van der Waals surface area contributed by atoms with Crippen molar-refractivity contribution in [1.82, 2.24) is 15.3 Å². The normalized spacial score (nSPS) is 21.9. The van der Waals surface area contributed by atoms with E-state index in [-0.39, 0.29) is 12.2 Å². The summed E-state index contributed by atoms with van der Waals surface area (Å²) in [7, 11) is 0. The van der Waals surface area contributed by atoms with Gasteiger partial charge in [0.05, 0.1) is 12.2 Å². The van der Waals surface area contributed by atoms with Crippen molar-refractivity contribution in [3.8, 4) is 5.88 Å². The van der Waals surface area contributed by atoms with Crippen molar-refractivity contribution in [2.75, 3.05) is 31.1 Å². The van der Waals surface area contributed by atoms with Crippen molar-refractivity contribution in [2.24, 2.45) is 11.8 Å². The average molecular weight is 334 g/mol. The molecule has 3 rings (SSSR count). The second-order valence-corrected chi connectivity index (χ2v) is 7.28. The topological polar surface area (TPSA) is 70.5 Å². The first-order chi connectivity index (χ1) is 11.6.